The Morgan fingerprint density at radius 2 is 2.00 bits per heavy atom. The molecule has 8 nitrogen and oxygen atoms in total. The van der Waals surface area contributed by atoms with Crippen LogP contribution in [0, 0.1) is 10.1 Å². The lowest BCUT2D eigenvalue weighted by Gasteiger charge is -2.29. The second kappa shape index (κ2) is 6.49. The molecule has 2 atom stereocenters. The van der Waals surface area contributed by atoms with Crippen LogP contribution in [0.5, 0.6) is 11.5 Å². The molecule has 2 heterocycles. The number of benzene rings is 2. The molecule has 1 N–H and O–H groups in total. The molecule has 8 heteroatoms. The van der Waals surface area contributed by atoms with Crippen LogP contribution in [0.4, 0.5) is 11.4 Å². The molecule has 1 fully saturated rings. The quantitative estimate of drug-likeness (QED) is 0.481. The van der Waals surface area contributed by atoms with E-state index in [0.717, 1.165) is 11.1 Å². The van der Waals surface area contributed by atoms with Gasteiger partial charge in [-0.05, 0) is 37.6 Å². The fourth-order valence-electron chi connectivity index (χ4n) is 3.49. The molecule has 2 aromatic carbocycles. The van der Waals surface area contributed by atoms with Gasteiger partial charge in [0.1, 0.15) is 35.0 Å². The van der Waals surface area contributed by atoms with E-state index in [0.29, 0.717) is 11.5 Å². The van der Waals surface area contributed by atoms with Crippen molar-refractivity contribution < 1.29 is 23.9 Å². The van der Waals surface area contributed by atoms with Gasteiger partial charge >= 0.3 is 0 Å². The molecule has 0 aromatic heterocycles. The zero-order valence-corrected chi connectivity index (χ0v) is 15.7. The maximum atomic E-state index is 12.4. The van der Waals surface area contributed by atoms with Gasteiger partial charge in [-0.2, -0.15) is 0 Å². The fraction of sp³-hybridized carbons (Fsp3) is 0.350. The number of ether oxygens (including phenoxy) is 3. The van der Waals surface area contributed by atoms with Gasteiger partial charge in [-0.25, -0.2) is 0 Å². The number of nitro benzene ring substituents is 1. The minimum absolute atomic E-state index is 0.0876. The molecule has 28 heavy (non-hydrogen) atoms. The van der Waals surface area contributed by atoms with Crippen LogP contribution in [0.15, 0.2) is 36.4 Å². The fourth-order valence-corrected chi connectivity index (χ4v) is 3.49. The van der Waals surface area contributed by atoms with E-state index >= 15 is 0 Å². The first-order valence-electron chi connectivity index (χ1n) is 8.88. The lowest BCUT2D eigenvalue weighted by atomic mass is 9.93. The highest BCUT2D eigenvalue weighted by atomic mass is 16.6. The maximum Gasteiger partial charge on any atom is 0.296 e. The average molecular weight is 384 g/mol. The summed E-state index contributed by atoms with van der Waals surface area (Å²) in [6.45, 7) is 3.77. The van der Waals surface area contributed by atoms with Crippen LogP contribution in [0.2, 0.25) is 0 Å². The number of hydrogen-bond donors (Lipinski definition) is 1. The van der Waals surface area contributed by atoms with Crippen molar-refractivity contribution >= 4 is 17.3 Å². The summed E-state index contributed by atoms with van der Waals surface area (Å²) in [5.74, 6) is 0.763. The van der Waals surface area contributed by atoms with Gasteiger partial charge in [-0.3, -0.25) is 14.9 Å². The highest BCUT2D eigenvalue weighted by Gasteiger charge is 2.57. The van der Waals surface area contributed by atoms with Gasteiger partial charge in [0.05, 0.1) is 24.5 Å². The van der Waals surface area contributed by atoms with Crippen molar-refractivity contribution in [2.45, 2.75) is 38.1 Å². The molecule has 0 bridgehead atoms. The monoisotopic (exact) mass is 384 g/mol. The molecule has 2 aliphatic heterocycles. The first-order valence-corrected chi connectivity index (χ1v) is 8.88. The van der Waals surface area contributed by atoms with Crippen molar-refractivity contribution in [2.75, 3.05) is 12.4 Å². The third-order valence-corrected chi connectivity index (χ3v) is 4.98. The van der Waals surface area contributed by atoms with Crippen molar-refractivity contribution in [3.8, 4) is 11.5 Å². The molecule has 0 spiro atoms. The van der Waals surface area contributed by atoms with E-state index in [1.807, 2.05) is 13.8 Å². The molecule has 0 aliphatic carbocycles. The molecule has 0 unspecified atom stereocenters. The van der Waals surface area contributed by atoms with Crippen molar-refractivity contribution in [2.24, 2.45) is 0 Å². The summed E-state index contributed by atoms with van der Waals surface area (Å²) in [5, 5.41) is 14.2. The minimum Gasteiger partial charge on any atom is -0.497 e. The third-order valence-electron chi connectivity index (χ3n) is 4.98. The Balaban J connectivity index is 1.58. The summed E-state index contributed by atoms with van der Waals surface area (Å²) in [5.41, 5.74) is 0.866. The molecule has 2 aromatic rings. The smallest absolute Gasteiger partial charge is 0.296 e. The van der Waals surface area contributed by atoms with E-state index in [1.165, 1.54) is 6.07 Å². The van der Waals surface area contributed by atoms with Gasteiger partial charge in [0.15, 0.2) is 0 Å². The number of nitro groups is 1. The number of nitrogens with zero attached hydrogens (tertiary/aromatic N) is 1. The zero-order valence-electron chi connectivity index (χ0n) is 15.7. The van der Waals surface area contributed by atoms with Gasteiger partial charge in [-0.1, -0.05) is 12.1 Å². The number of rotatable bonds is 5. The first kappa shape index (κ1) is 18.2. The average Bonchev–Trinajstić information content (AvgIpc) is 3.44. The number of carbonyl (C=O) groups is 1. The second-order valence-corrected chi connectivity index (χ2v) is 7.42. The standard InChI is InChI=1S/C20H20N2O6/c1-20(2)19-18(27-19)13-9-14(15(22(24)25)10-16(13)28-20)21-17(23)8-11-4-6-12(26-3)7-5-11/h4-7,9-10,18-19H,8H2,1-3H3,(H,21,23)/t18-,19-/m1/s1. The highest BCUT2D eigenvalue weighted by Crippen LogP contribution is 2.55. The molecule has 0 radical (unpaired) electrons. The van der Waals surface area contributed by atoms with Crippen LogP contribution in [0.3, 0.4) is 0 Å². The Morgan fingerprint density at radius 1 is 1.29 bits per heavy atom. The van der Waals surface area contributed by atoms with E-state index in [2.05, 4.69) is 5.32 Å². The highest BCUT2D eigenvalue weighted by molar-refractivity contribution is 5.95. The number of nitrogens with one attached hydrogen (secondary N) is 1. The van der Waals surface area contributed by atoms with E-state index in [1.54, 1.807) is 37.4 Å². The lowest BCUT2D eigenvalue weighted by molar-refractivity contribution is -0.384. The number of fused-ring (bicyclic) bond motifs is 3. The summed E-state index contributed by atoms with van der Waals surface area (Å²) in [4.78, 5) is 23.4. The summed E-state index contributed by atoms with van der Waals surface area (Å²) < 4.78 is 16.7. The number of anilines is 1. The number of methoxy groups -OCH3 is 1. The van der Waals surface area contributed by atoms with Gasteiger partial charge in [0.2, 0.25) is 5.91 Å². The molecular weight excluding hydrogens is 364 g/mol. The predicted molar refractivity (Wildman–Crippen MR) is 101 cm³/mol. The van der Waals surface area contributed by atoms with E-state index in [-0.39, 0.29) is 35.9 Å². The Morgan fingerprint density at radius 3 is 2.64 bits per heavy atom. The molecule has 1 saturated heterocycles. The molecule has 2 aliphatic rings. The number of hydrogen-bond acceptors (Lipinski definition) is 6. The van der Waals surface area contributed by atoms with Crippen molar-refractivity contribution in [3.63, 3.8) is 0 Å². The number of epoxide rings is 1. The van der Waals surface area contributed by atoms with Gasteiger partial charge < -0.3 is 19.5 Å². The van der Waals surface area contributed by atoms with E-state index in [9.17, 15) is 14.9 Å². The van der Waals surface area contributed by atoms with Crippen LogP contribution >= 0.6 is 0 Å². The SMILES string of the molecule is COc1ccc(CC(=O)Nc2cc3c(cc2[N+](=O)[O-])OC(C)(C)[C@@H]2O[C@H]32)cc1. The summed E-state index contributed by atoms with van der Waals surface area (Å²) in [6.07, 6.45) is -0.175. The summed E-state index contributed by atoms with van der Waals surface area (Å²) in [7, 11) is 1.57. The maximum absolute atomic E-state index is 12.4. The molecule has 0 saturated carbocycles. The molecule has 4 rings (SSSR count). The van der Waals surface area contributed by atoms with E-state index in [4.69, 9.17) is 14.2 Å². The van der Waals surface area contributed by atoms with Gasteiger partial charge in [-0.15, -0.1) is 0 Å². The Labute approximate surface area is 161 Å². The summed E-state index contributed by atoms with van der Waals surface area (Å²) in [6, 6.07) is 10.0. The van der Waals surface area contributed by atoms with Crippen molar-refractivity contribution in [3.05, 3.63) is 57.6 Å². The van der Waals surface area contributed by atoms with Crippen LogP contribution < -0.4 is 14.8 Å². The molecule has 146 valence electrons. The summed E-state index contributed by atoms with van der Waals surface area (Å²) >= 11 is 0. The number of carbonyl (C=O) groups excluding carboxylic acids is 1. The lowest BCUT2D eigenvalue weighted by Crippen LogP contribution is -2.37. The topological polar surface area (TPSA) is 103 Å². The van der Waals surface area contributed by atoms with Crippen molar-refractivity contribution in [1.29, 1.82) is 0 Å². The molecule has 1 amide bonds. The largest absolute Gasteiger partial charge is 0.497 e. The van der Waals surface area contributed by atoms with Crippen LogP contribution in [0.25, 0.3) is 0 Å². The minimum atomic E-state index is -0.551. The third kappa shape index (κ3) is 3.27. The van der Waals surface area contributed by atoms with E-state index < -0.39 is 10.5 Å². The number of amides is 1. The van der Waals surface area contributed by atoms with Gasteiger partial charge in [0.25, 0.3) is 5.69 Å². The van der Waals surface area contributed by atoms with Gasteiger partial charge in [0, 0.05) is 5.56 Å². The van der Waals surface area contributed by atoms with Crippen molar-refractivity contribution in [1.82, 2.24) is 0 Å². The Hall–Kier alpha value is -3.13. The van der Waals surface area contributed by atoms with Crippen LogP contribution in [-0.4, -0.2) is 29.6 Å². The van der Waals surface area contributed by atoms with Crippen LogP contribution in [-0.2, 0) is 16.0 Å². The zero-order chi connectivity index (χ0) is 20.1. The molecular formula is C20H20N2O6. The van der Waals surface area contributed by atoms with Crippen LogP contribution in [0.1, 0.15) is 31.1 Å². The Bertz CT molecular complexity index is 954. The predicted octanol–water partition coefficient (Wildman–Crippen LogP) is 3.40. The Kier molecular flexibility index (Phi) is 4.23. The normalized spacial score (nSPS) is 21.0. The first-order chi connectivity index (χ1) is 13.3. The second-order valence-electron chi connectivity index (χ2n) is 7.42.